The molecule has 0 radical (unpaired) electrons. The Morgan fingerprint density at radius 2 is 2.29 bits per heavy atom. The number of rotatable bonds is 2. The third kappa shape index (κ3) is 2.02. The normalized spacial score (nSPS) is 29.6. The minimum absolute atomic E-state index is 0.121. The Bertz CT molecular complexity index is 486. The highest BCUT2D eigenvalue weighted by Crippen LogP contribution is 2.43. The van der Waals surface area contributed by atoms with Gasteiger partial charge in [-0.2, -0.15) is 0 Å². The van der Waals surface area contributed by atoms with Gasteiger partial charge < -0.3 is 5.32 Å². The summed E-state index contributed by atoms with van der Waals surface area (Å²) in [5, 5.41) is 2.95. The maximum absolute atomic E-state index is 12.2. The molecule has 2 aliphatic rings. The lowest BCUT2D eigenvalue weighted by atomic mass is 9.93. The number of nitrogens with one attached hydrogen (secondary N) is 1. The maximum atomic E-state index is 12.2. The quantitative estimate of drug-likeness (QED) is 0.673. The van der Waals surface area contributed by atoms with Gasteiger partial charge in [0.15, 0.2) is 0 Å². The van der Waals surface area contributed by atoms with Gasteiger partial charge in [0.05, 0.1) is 5.69 Å². The van der Waals surface area contributed by atoms with Gasteiger partial charge in [-0.25, -0.2) is 4.98 Å². The summed E-state index contributed by atoms with van der Waals surface area (Å²) >= 11 is 3.33. The van der Waals surface area contributed by atoms with E-state index in [-0.39, 0.29) is 11.8 Å². The minimum atomic E-state index is 0.121. The predicted molar refractivity (Wildman–Crippen MR) is 69.4 cm³/mol. The smallest absolute Gasteiger partial charge is 0.228 e. The van der Waals surface area contributed by atoms with Gasteiger partial charge in [0, 0.05) is 12.1 Å². The van der Waals surface area contributed by atoms with E-state index in [1.54, 1.807) is 6.20 Å². The van der Waals surface area contributed by atoms with E-state index < -0.39 is 0 Å². The Morgan fingerprint density at radius 1 is 1.41 bits per heavy atom. The largest absolute Gasteiger partial charge is 0.324 e. The van der Waals surface area contributed by atoms with Crippen LogP contribution in [0.3, 0.4) is 0 Å². The molecule has 3 unspecified atom stereocenters. The molecule has 0 saturated heterocycles. The molecule has 1 fully saturated rings. The summed E-state index contributed by atoms with van der Waals surface area (Å²) in [6, 6.07) is 3.68. The highest BCUT2D eigenvalue weighted by molar-refractivity contribution is 9.10. The molecule has 4 heteroatoms. The number of hydrogen-bond donors (Lipinski definition) is 1. The first kappa shape index (κ1) is 11.0. The molecule has 1 saturated carbocycles. The van der Waals surface area contributed by atoms with Crippen molar-refractivity contribution in [3.63, 3.8) is 0 Å². The molecule has 17 heavy (non-hydrogen) atoms. The molecule has 3 nitrogen and oxygen atoms in total. The van der Waals surface area contributed by atoms with E-state index >= 15 is 0 Å². The van der Waals surface area contributed by atoms with Crippen molar-refractivity contribution < 1.29 is 4.79 Å². The average Bonchev–Trinajstić information content (AvgIpc) is 2.94. The van der Waals surface area contributed by atoms with Crippen LogP contribution in [0, 0.1) is 17.8 Å². The molecule has 0 spiro atoms. The Labute approximate surface area is 108 Å². The van der Waals surface area contributed by atoms with Crippen LogP contribution >= 0.6 is 15.9 Å². The van der Waals surface area contributed by atoms with Gasteiger partial charge in [-0.15, -0.1) is 0 Å². The van der Waals surface area contributed by atoms with Crippen molar-refractivity contribution in [1.82, 2.24) is 4.98 Å². The van der Waals surface area contributed by atoms with Crippen LogP contribution < -0.4 is 5.32 Å². The second-order valence-corrected chi connectivity index (χ2v) is 5.47. The lowest BCUT2D eigenvalue weighted by Crippen LogP contribution is -2.26. The van der Waals surface area contributed by atoms with Crippen molar-refractivity contribution >= 4 is 27.5 Å². The number of halogens is 1. The highest BCUT2D eigenvalue weighted by Gasteiger charge is 2.39. The molecule has 88 valence electrons. The van der Waals surface area contributed by atoms with Crippen molar-refractivity contribution in [3.8, 4) is 0 Å². The van der Waals surface area contributed by atoms with Gasteiger partial charge in [-0.1, -0.05) is 12.2 Å². The zero-order valence-corrected chi connectivity index (χ0v) is 10.9. The molecule has 0 aliphatic heterocycles. The fraction of sp³-hybridized carbons (Fsp3) is 0.385. The number of aromatic nitrogens is 1. The van der Waals surface area contributed by atoms with Crippen molar-refractivity contribution in [2.24, 2.45) is 17.8 Å². The van der Waals surface area contributed by atoms with Crippen LogP contribution in [0.25, 0.3) is 0 Å². The van der Waals surface area contributed by atoms with Crippen molar-refractivity contribution in [2.45, 2.75) is 12.8 Å². The van der Waals surface area contributed by atoms with Gasteiger partial charge >= 0.3 is 0 Å². The van der Waals surface area contributed by atoms with Crippen LogP contribution in [-0.4, -0.2) is 10.9 Å². The van der Waals surface area contributed by atoms with Crippen LogP contribution in [0.1, 0.15) is 12.8 Å². The number of fused-ring (bicyclic) bond motifs is 2. The molecule has 3 rings (SSSR count). The van der Waals surface area contributed by atoms with E-state index in [0.29, 0.717) is 16.4 Å². The second-order valence-electron chi connectivity index (χ2n) is 4.72. The predicted octanol–water partition coefficient (Wildman–Crippen LogP) is 2.99. The van der Waals surface area contributed by atoms with Crippen molar-refractivity contribution in [3.05, 3.63) is 35.1 Å². The van der Waals surface area contributed by atoms with Crippen LogP contribution in [0.4, 0.5) is 5.69 Å². The standard InChI is InChI=1S/C13H13BrN2O/c14-12-11(2-1-5-15-12)16-13(17)10-7-8-3-4-9(10)6-8/h1-5,8-10H,6-7H2,(H,16,17). The summed E-state index contributed by atoms with van der Waals surface area (Å²) < 4.78 is 0.687. The first-order chi connectivity index (χ1) is 8.24. The lowest BCUT2D eigenvalue weighted by molar-refractivity contribution is -0.120. The number of nitrogens with zero attached hydrogens (tertiary/aromatic N) is 1. The van der Waals surface area contributed by atoms with E-state index in [1.807, 2.05) is 12.1 Å². The van der Waals surface area contributed by atoms with E-state index in [0.717, 1.165) is 18.5 Å². The number of amides is 1. The second kappa shape index (κ2) is 4.26. The summed E-state index contributed by atoms with van der Waals surface area (Å²) in [6.45, 7) is 0. The molecular formula is C13H13BrN2O. The molecule has 3 atom stereocenters. The number of allylic oxidation sites excluding steroid dienone is 2. The van der Waals surface area contributed by atoms with Gasteiger partial charge in [-0.05, 0) is 52.7 Å². The number of hydrogen-bond acceptors (Lipinski definition) is 2. The molecule has 1 aromatic heterocycles. The topological polar surface area (TPSA) is 42.0 Å². The monoisotopic (exact) mass is 292 g/mol. The molecular weight excluding hydrogens is 280 g/mol. The van der Waals surface area contributed by atoms with Crippen LogP contribution in [0.15, 0.2) is 35.1 Å². The van der Waals surface area contributed by atoms with Gasteiger partial charge in [-0.3, -0.25) is 4.79 Å². The summed E-state index contributed by atoms with van der Waals surface area (Å²) in [5.41, 5.74) is 0.754. The SMILES string of the molecule is O=C(Nc1cccnc1Br)C1CC2C=CC1C2. The molecule has 1 aromatic rings. The van der Waals surface area contributed by atoms with Crippen LogP contribution in [0.5, 0.6) is 0 Å². The summed E-state index contributed by atoms with van der Waals surface area (Å²) in [6.07, 6.45) is 8.27. The average molecular weight is 293 g/mol. The molecule has 1 heterocycles. The number of pyridine rings is 1. The van der Waals surface area contributed by atoms with Gasteiger partial charge in [0.1, 0.15) is 4.60 Å². The summed E-state index contributed by atoms with van der Waals surface area (Å²) in [5.74, 6) is 1.32. The van der Waals surface area contributed by atoms with E-state index in [1.165, 1.54) is 0 Å². The lowest BCUT2D eigenvalue weighted by Gasteiger charge is -2.17. The summed E-state index contributed by atoms with van der Waals surface area (Å²) in [4.78, 5) is 16.3. The molecule has 1 N–H and O–H groups in total. The van der Waals surface area contributed by atoms with Crippen molar-refractivity contribution in [2.75, 3.05) is 5.32 Å². The van der Waals surface area contributed by atoms with Crippen molar-refractivity contribution in [1.29, 1.82) is 0 Å². The highest BCUT2D eigenvalue weighted by atomic mass is 79.9. The minimum Gasteiger partial charge on any atom is -0.324 e. The van der Waals surface area contributed by atoms with Crippen LogP contribution in [0.2, 0.25) is 0 Å². The van der Waals surface area contributed by atoms with Gasteiger partial charge in [0.25, 0.3) is 0 Å². The first-order valence-corrected chi connectivity index (χ1v) is 6.63. The fourth-order valence-corrected chi connectivity index (χ4v) is 3.14. The Kier molecular flexibility index (Phi) is 2.74. The first-order valence-electron chi connectivity index (χ1n) is 5.84. The Balaban J connectivity index is 1.72. The third-order valence-corrected chi connectivity index (χ3v) is 4.26. The zero-order valence-electron chi connectivity index (χ0n) is 9.27. The van der Waals surface area contributed by atoms with Crippen LogP contribution in [-0.2, 0) is 4.79 Å². The third-order valence-electron chi connectivity index (χ3n) is 3.63. The van der Waals surface area contributed by atoms with E-state index in [9.17, 15) is 4.79 Å². The number of anilines is 1. The van der Waals surface area contributed by atoms with Gasteiger partial charge in [0.2, 0.25) is 5.91 Å². The molecule has 0 aromatic carbocycles. The fourth-order valence-electron chi connectivity index (χ4n) is 2.79. The van der Waals surface area contributed by atoms with E-state index in [4.69, 9.17) is 0 Å². The summed E-state index contributed by atoms with van der Waals surface area (Å²) in [7, 11) is 0. The number of carbonyl (C=O) groups is 1. The van der Waals surface area contributed by atoms with E-state index in [2.05, 4.69) is 38.4 Å². The maximum Gasteiger partial charge on any atom is 0.228 e. The zero-order chi connectivity index (χ0) is 11.8. The number of carbonyl (C=O) groups excluding carboxylic acids is 1. The Hall–Kier alpha value is -1.16. The molecule has 2 bridgehead atoms. The molecule has 1 amide bonds. The molecule has 2 aliphatic carbocycles. The Morgan fingerprint density at radius 3 is 2.94 bits per heavy atom.